The Morgan fingerprint density at radius 3 is 0.645 bits per heavy atom. The fourth-order valence-corrected chi connectivity index (χ4v) is 6.41. The number of carbonyl (C=O) groups is 5. The number of esters is 5. The van der Waals surface area contributed by atoms with Crippen LogP contribution in [0, 0.1) is 0 Å². The summed E-state index contributed by atoms with van der Waals surface area (Å²) in [6.45, 7) is 0. The van der Waals surface area contributed by atoms with E-state index in [1.807, 2.05) is 0 Å². The molecule has 0 radical (unpaired) electrons. The molecule has 0 spiro atoms. The second-order valence-electron chi connectivity index (χ2n) is 13.5. The molecule has 0 aromatic heterocycles. The summed E-state index contributed by atoms with van der Waals surface area (Å²) >= 11 is 0. The summed E-state index contributed by atoms with van der Waals surface area (Å²) in [5.74, 6) is -3.08. The lowest BCUT2D eigenvalue weighted by molar-refractivity contribution is -0.223. The second-order valence-corrected chi connectivity index (χ2v) is 13.5. The van der Waals surface area contributed by atoms with Gasteiger partial charge in [-0.15, -0.1) is 0 Å². The zero-order valence-corrected chi connectivity index (χ0v) is 34.1. The van der Waals surface area contributed by atoms with Crippen molar-refractivity contribution in [3.05, 3.63) is 149 Å². The molecule has 6 atom stereocenters. The quantitative estimate of drug-likeness (QED) is 0.102. The van der Waals surface area contributed by atoms with E-state index < -0.39 is 66.5 Å². The van der Waals surface area contributed by atoms with E-state index in [4.69, 9.17) is 47.4 Å². The lowest BCUT2D eigenvalue weighted by Gasteiger charge is -2.46. The average molecular weight is 851 g/mol. The summed E-state index contributed by atoms with van der Waals surface area (Å²) < 4.78 is 56.0. The third kappa shape index (κ3) is 10.2. The molecule has 322 valence electrons. The van der Waals surface area contributed by atoms with Gasteiger partial charge in [-0.1, -0.05) is 0 Å². The van der Waals surface area contributed by atoms with Gasteiger partial charge in [-0.25, -0.2) is 24.0 Å². The normalized spacial score (nSPS) is 19.1. The van der Waals surface area contributed by atoms with Gasteiger partial charge in [0.05, 0.1) is 63.4 Å². The highest BCUT2D eigenvalue weighted by atomic mass is 16.7. The van der Waals surface area contributed by atoms with E-state index in [1.165, 1.54) is 157 Å². The molecule has 62 heavy (non-hydrogen) atoms. The SMILES string of the molecule is COc1ccc(C(=O)OC2[C@@H](OC(=O)c3ccc(OC)cc3)[C@H](OC(=O)c3ccc(OC)cc3)C(O)[C@H](OC(=O)c3ccc(OC)cc3)[C@H]2OC(=O)c2ccc(OC)cc2)cc1. The highest BCUT2D eigenvalue weighted by Gasteiger charge is 2.59. The molecular formula is C46H42O16. The minimum absolute atomic E-state index is 0.0233. The van der Waals surface area contributed by atoms with Crippen LogP contribution in [0.4, 0.5) is 0 Å². The molecule has 1 aliphatic carbocycles. The van der Waals surface area contributed by atoms with E-state index >= 15 is 0 Å². The van der Waals surface area contributed by atoms with E-state index in [0.29, 0.717) is 28.7 Å². The van der Waals surface area contributed by atoms with Crippen LogP contribution < -0.4 is 23.7 Å². The van der Waals surface area contributed by atoms with Crippen LogP contribution in [0.3, 0.4) is 0 Å². The van der Waals surface area contributed by atoms with E-state index in [1.54, 1.807) is 0 Å². The minimum Gasteiger partial charge on any atom is -0.497 e. The molecular weight excluding hydrogens is 808 g/mol. The summed E-state index contributed by atoms with van der Waals surface area (Å²) in [4.78, 5) is 69.9. The van der Waals surface area contributed by atoms with Gasteiger partial charge < -0.3 is 52.5 Å². The number of aliphatic hydroxyl groups excluding tert-OH is 1. The molecule has 6 rings (SSSR count). The lowest BCUT2D eigenvalue weighted by atomic mass is 9.83. The summed E-state index contributed by atoms with van der Waals surface area (Å²) in [6, 6.07) is 28.7. The van der Waals surface area contributed by atoms with Gasteiger partial charge in [0.1, 0.15) is 34.9 Å². The van der Waals surface area contributed by atoms with Crippen LogP contribution in [0.5, 0.6) is 28.7 Å². The van der Waals surface area contributed by atoms with Crippen molar-refractivity contribution in [2.24, 2.45) is 0 Å². The molecule has 5 aromatic carbocycles. The molecule has 0 aliphatic heterocycles. The Kier molecular flexibility index (Phi) is 14.3. The third-order valence-corrected chi connectivity index (χ3v) is 9.81. The van der Waals surface area contributed by atoms with Crippen molar-refractivity contribution < 1.29 is 76.4 Å². The van der Waals surface area contributed by atoms with Crippen LogP contribution in [0.25, 0.3) is 0 Å². The number of aliphatic hydroxyl groups is 1. The van der Waals surface area contributed by atoms with Crippen LogP contribution >= 0.6 is 0 Å². The van der Waals surface area contributed by atoms with E-state index in [0.717, 1.165) is 0 Å². The maximum Gasteiger partial charge on any atom is 0.338 e. The Hall–Kier alpha value is -7.59. The second kappa shape index (κ2) is 20.1. The molecule has 1 N–H and O–H groups in total. The summed E-state index contributed by atoms with van der Waals surface area (Å²) in [5.41, 5.74) is -0.133. The van der Waals surface area contributed by atoms with Crippen LogP contribution in [0.1, 0.15) is 51.8 Å². The van der Waals surface area contributed by atoms with Crippen molar-refractivity contribution in [3.8, 4) is 28.7 Å². The predicted molar refractivity (Wildman–Crippen MR) is 217 cm³/mol. The summed E-state index contributed by atoms with van der Waals surface area (Å²) in [5, 5.41) is 12.3. The number of ether oxygens (including phenoxy) is 10. The van der Waals surface area contributed by atoms with Gasteiger partial charge in [0.25, 0.3) is 0 Å². The van der Waals surface area contributed by atoms with Crippen LogP contribution in [0.15, 0.2) is 121 Å². The molecule has 1 fully saturated rings. The molecule has 0 saturated heterocycles. The van der Waals surface area contributed by atoms with Crippen molar-refractivity contribution in [2.45, 2.75) is 36.6 Å². The summed E-state index contributed by atoms with van der Waals surface area (Å²) in [6.07, 6.45) is -11.8. The topological polar surface area (TPSA) is 198 Å². The highest BCUT2D eigenvalue weighted by molar-refractivity contribution is 5.93. The van der Waals surface area contributed by atoms with E-state index in [-0.39, 0.29) is 27.8 Å². The molecule has 2 unspecified atom stereocenters. The van der Waals surface area contributed by atoms with Crippen molar-refractivity contribution in [1.82, 2.24) is 0 Å². The molecule has 16 nitrogen and oxygen atoms in total. The first-order valence-electron chi connectivity index (χ1n) is 18.9. The molecule has 0 bridgehead atoms. The first-order chi connectivity index (χ1) is 30.0. The zero-order chi connectivity index (χ0) is 44.3. The maximum absolute atomic E-state index is 14.1. The average Bonchev–Trinajstić information content (AvgIpc) is 3.32. The Bertz CT molecular complexity index is 2190. The van der Waals surface area contributed by atoms with Gasteiger partial charge in [-0.3, -0.25) is 0 Å². The Balaban J connectivity index is 1.49. The first kappa shape index (κ1) is 44.0. The zero-order valence-electron chi connectivity index (χ0n) is 34.1. The predicted octanol–water partition coefficient (Wildman–Crippen LogP) is 5.53. The fourth-order valence-electron chi connectivity index (χ4n) is 6.41. The number of methoxy groups -OCH3 is 5. The highest BCUT2D eigenvalue weighted by Crippen LogP contribution is 2.35. The Morgan fingerprint density at radius 2 is 0.468 bits per heavy atom. The lowest BCUT2D eigenvalue weighted by Crippen LogP contribution is -2.68. The monoisotopic (exact) mass is 850 g/mol. The molecule has 0 amide bonds. The summed E-state index contributed by atoms with van der Waals surface area (Å²) in [7, 11) is 7.18. The maximum atomic E-state index is 14.1. The van der Waals surface area contributed by atoms with Gasteiger partial charge in [-0.05, 0) is 121 Å². The third-order valence-electron chi connectivity index (χ3n) is 9.81. The fraction of sp³-hybridized carbons (Fsp3) is 0.239. The number of rotatable bonds is 15. The molecule has 16 heteroatoms. The van der Waals surface area contributed by atoms with Crippen LogP contribution in [0.2, 0.25) is 0 Å². The molecule has 0 heterocycles. The van der Waals surface area contributed by atoms with Gasteiger partial charge >= 0.3 is 29.8 Å². The minimum atomic E-state index is -2.11. The Labute approximate surface area is 355 Å². The van der Waals surface area contributed by atoms with Crippen molar-refractivity contribution in [3.63, 3.8) is 0 Å². The first-order valence-corrected chi connectivity index (χ1v) is 18.9. The molecule has 1 aliphatic rings. The van der Waals surface area contributed by atoms with Gasteiger partial charge in [0, 0.05) is 0 Å². The van der Waals surface area contributed by atoms with Crippen LogP contribution in [-0.2, 0) is 23.7 Å². The van der Waals surface area contributed by atoms with Crippen molar-refractivity contribution >= 4 is 29.8 Å². The number of hydrogen-bond donors (Lipinski definition) is 1. The van der Waals surface area contributed by atoms with E-state index in [9.17, 15) is 29.1 Å². The van der Waals surface area contributed by atoms with Crippen molar-refractivity contribution in [2.75, 3.05) is 35.5 Å². The standard InChI is InChI=1S/C46H42O16/c1-53-31-16-6-26(7-17-31)42(48)58-37-36(47)38(59-43(49)27-8-18-32(54-2)19-9-27)40(61-45(51)29-12-22-34(56-4)23-13-29)41(62-46(52)30-14-24-35(57-5)25-15-30)39(37)60-44(50)28-10-20-33(55-3)21-11-28/h6-25,36-41,47H,1-5H3/t36?,37-,38+,39+,40-,41?. The van der Waals surface area contributed by atoms with Gasteiger partial charge in [0.15, 0.2) is 30.5 Å². The van der Waals surface area contributed by atoms with Gasteiger partial charge in [-0.2, -0.15) is 0 Å². The van der Waals surface area contributed by atoms with Gasteiger partial charge in [0.2, 0.25) is 0 Å². The number of benzene rings is 5. The smallest absolute Gasteiger partial charge is 0.338 e. The largest absolute Gasteiger partial charge is 0.497 e. The molecule has 1 saturated carbocycles. The van der Waals surface area contributed by atoms with E-state index in [2.05, 4.69) is 0 Å². The van der Waals surface area contributed by atoms with Crippen molar-refractivity contribution in [1.29, 1.82) is 0 Å². The number of hydrogen-bond acceptors (Lipinski definition) is 16. The van der Waals surface area contributed by atoms with Crippen LogP contribution in [-0.4, -0.2) is 107 Å². The Morgan fingerprint density at radius 1 is 0.306 bits per heavy atom. The number of carbonyl (C=O) groups excluding carboxylic acids is 5. The molecule has 5 aromatic rings.